The average molecular weight is 388 g/mol. The van der Waals surface area contributed by atoms with Crippen LogP contribution in [0.4, 0.5) is 0 Å². The van der Waals surface area contributed by atoms with Gasteiger partial charge in [-0.2, -0.15) is 0 Å². The van der Waals surface area contributed by atoms with Gasteiger partial charge < -0.3 is 31.9 Å². The molecule has 0 aliphatic heterocycles. The second-order valence-corrected chi connectivity index (χ2v) is 6.95. The molecular formula is C17H32N4O6. The Morgan fingerprint density at radius 2 is 1.48 bits per heavy atom. The summed E-state index contributed by atoms with van der Waals surface area (Å²) in [6.45, 7) is 7.81. The molecule has 3 amide bonds. The zero-order valence-corrected chi connectivity index (χ0v) is 16.5. The normalized spacial score (nSPS) is 16.6. The van der Waals surface area contributed by atoms with Crippen LogP contribution < -0.4 is 21.7 Å². The van der Waals surface area contributed by atoms with Gasteiger partial charge in [-0.15, -0.1) is 0 Å². The van der Waals surface area contributed by atoms with Gasteiger partial charge in [0.2, 0.25) is 17.7 Å². The molecule has 0 aromatic rings. The molecule has 27 heavy (non-hydrogen) atoms. The fraction of sp³-hybridized carbons (Fsp3) is 0.765. The first-order valence-electron chi connectivity index (χ1n) is 8.96. The zero-order chi connectivity index (χ0) is 21.3. The fourth-order valence-corrected chi connectivity index (χ4v) is 2.11. The third-order valence-electron chi connectivity index (χ3n) is 4.36. The zero-order valence-electron chi connectivity index (χ0n) is 16.5. The molecule has 0 aromatic carbocycles. The van der Waals surface area contributed by atoms with E-state index in [0.717, 1.165) is 0 Å². The molecule has 0 aliphatic carbocycles. The van der Waals surface area contributed by atoms with Crippen LogP contribution >= 0.6 is 0 Å². The number of carboxylic acids is 1. The Morgan fingerprint density at radius 1 is 0.926 bits per heavy atom. The number of nitrogens with one attached hydrogen (secondary N) is 3. The maximum atomic E-state index is 12.6. The number of carbonyl (C=O) groups excluding carboxylic acids is 3. The van der Waals surface area contributed by atoms with Gasteiger partial charge in [-0.25, -0.2) is 4.79 Å². The number of aliphatic hydroxyl groups excluding tert-OH is 1. The lowest BCUT2D eigenvalue weighted by Crippen LogP contribution is -2.58. The maximum absolute atomic E-state index is 12.6. The second-order valence-electron chi connectivity index (χ2n) is 6.95. The van der Waals surface area contributed by atoms with Crippen molar-refractivity contribution in [1.29, 1.82) is 0 Å². The van der Waals surface area contributed by atoms with Crippen molar-refractivity contribution < 1.29 is 29.4 Å². The molecule has 156 valence electrons. The summed E-state index contributed by atoms with van der Waals surface area (Å²) in [7, 11) is 0. The summed E-state index contributed by atoms with van der Waals surface area (Å²) in [6, 6.07) is -4.19. The predicted molar refractivity (Wildman–Crippen MR) is 98.5 cm³/mol. The molecule has 0 rings (SSSR count). The highest BCUT2D eigenvalue weighted by atomic mass is 16.4. The third-order valence-corrected chi connectivity index (χ3v) is 4.36. The van der Waals surface area contributed by atoms with Crippen molar-refractivity contribution in [2.75, 3.05) is 6.61 Å². The lowest BCUT2D eigenvalue weighted by molar-refractivity contribution is -0.143. The van der Waals surface area contributed by atoms with E-state index in [2.05, 4.69) is 16.0 Å². The minimum Gasteiger partial charge on any atom is -0.480 e. The van der Waals surface area contributed by atoms with Crippen molar-refractivity contribution in [1.82, 2.24) is 16.0 Å². The predicted octanol–water partition coefficient (Wildman–Crippen LogP) is -1.43. The Kier molecular flexibility index (Phi) is 10.6. The molecule has 0 saturated heterocycles. The number of aliphatic carboxylic acids is 1. The summed E-state index contributed by atoms with van der Waals surface area (Å²) in [5, 5.41) is 25.0. The van der Waals surface area contributed by atoms with E-state index >= 15 is 0 Å². The Balaban J connectivity index is 5.06. The summed E-state index contributed by atoms with van der Waals surface area (Å²) in [5.74, 6) is -3.52. The molecule has 0 spiro atoms. The van der Waals surface area contributed by atoms with Crippen LogP contribution in [0.2, 0.25) is 0 Å². The second kappa shape index (κ2) is 11.5. The van der Waals surface area contributed by atoms with Crippen LogP contribution in [0.15, 0.2) is 0 Å². The minimum absolute atomic E-state index is 0.109. The number of nitrogens with two attached hydrogens (primary N) is 1. The summed E-state index contributed by atoms with van der Waals surface area (Å²) < 4.78 is 0. The SMILES string of the molecule is CCC(C)C(NC(=O)C(N)C(C)C)C(=O)NC(C)C(=O)NC(CO)C(=O)O. The molecule has 5 unspecified atom stereocenters. The molecule has 0 fully saturated rings. The topological polar surface area (TPSA) is 171 Å². The highest BCUT2D eigenvalue weighted by Gasteiger charge is 2.31. The Morgan fingerprint density at radius 3 is 1.89 bits per heavy atom. The van der Waals surface area contributed by atoms with E-state index in [9.17, 15) is 19.2 Å². The van der Waals surface area contributed by atoms with Gasteiger partial charge in [-0.3, -0.25) is 14.4 Å². The molecule has 5 atom stereocenters. The number of aliphatic hydroxyl groups is 1. The van der Waals surface area contributed by atoms with Crippen LogP contribution in [-0.2, 0) is 19.2 Å². The summed E-state index contributed by atoms with van der Waals surface area (Å²) in [4.78, 5) is 47.7. The van der Waals surface area contributed by atoms with E-state index in [1.54, 1.807) is 20.8 Å². The Labute approximate surface area is 159 Å². The number of amides is 3. The van der Waals surface area contributed by atoms with Crippen LogP contribution in [0.1, 0.15) is 41.0 Å². The van der Waals surface area contributed by atoms with Gasteiger partial charge in [0.25, 0.3) is 0 Å². The van der Waals surface area contributed by atoms with Crippen LogP contribution in [0, 0.1) is 11.8 Å². The van der Waals surface area contributed by atoms with E-state index < -0.39 is 54.5 Å². The lowest BCUT2D eigenvalue weighted by Gasteiger charge is -2.27. The maximum Gasteiger partial charge on any atom is 0.328 e. The number of carboxylic acid groups (broad SMARTS) is 1. The van der Waals surface area contributed by atoms with Crippen molar-refractivity contribution in [3.8, 4) is 0 Å². The standard InChI is InChI=1S/C17H32N4O6/c1-6-9(4)13(21-15(24)12(18)8(2)3)16(25)19-10(5)14(23)20-11(7-22)17(26)27/h8-13,22H,6-7,18H2,1-5H3,(H,19,25)(H,20,23)(H,21,24)(H,26,27). The fourth-order valence-electron chi connectivity index (χ4n) is 2.11. The van der Waals surface area contributed by atoms with Crippen molar-refractivity contribution >= 4 is 23.7 Å². The van der Waals surface area contributed by atoms with Gasteiger partial charge in [0.15, 0.2) is 0 Å². The molecule has 0 bridgehead atoms. The molecule has 7 N–H and O–H groups in total. The quantitative estimate of drug-likeness (QED) is 0.252. The van der Waals surface area contributed by atoms with E-state index in [0.29, 0.717) is 6.42 Å². The third kappa shape index (κ3) is 7.92. The highest BCUT2D eigenvalue weighted by Crippen LogP contribution is 2.10. The van der Waals surface area contributed by atoms with Crippen LogP contribution in [-0.4, -0.2) is 64.7 Å². The van der Waals surface area contributed by atoms with Crippen LogP contribution in [0.25, 0.3) is 0 Å². The smallest absolute Gasteiger partial charge is 0.328 e. The summed E-state index contributed by atoms with van der Waals surface area (Å²) in [5.41, 5.74) is 5.81. The van der Waals surface area contributed by atoms with E-state index in [1.807, 2.05) is 6.92 Å². The van der Waals surface area contributed by atoms with Crippen LogP contribution in [0.5, 0.6) is 0 Å². The molecule has 10 heteroatoms. The molecule has 0 saturated carbocycles. The van der Waals surface area contributed by atoms with Gasteiger partial charge in [-0.1, -0.05) is 34.1 Å². The largest absolute Gasteiger partial charge is 0.480 e. The van der Waals surface area contributed by atoms with Crippen molar-refractivity contribution in [3.05, 3.63) is 0 Å². The van der Waals surface area contributed by atoms with E-state index in [-0.39, 0.29) is 11.8 Å². The molecule has 0 radical (unpaired) electrons. The van der Waals surface area contributed by atoms with Gasteiger partial charge in [0.1, 0.15) is 18.1 Å². The van der Waals surface area contributed by atoms with Gasteiger partial charge in [0.05, 0.1) is 12.6 Å². The van der Waals surface area contributed by atoms with Crippen molar-refractivity contribution in [2.45, 2.75) is 65.2 Å². The Hall–Kier alpha value is -2.20. The van der Waals surface area contributed by atoms with E-state index in [4.69, 9.17) is 15.9 Å². The first-order chi connectivity index (χ1) is 12.5. The van der Waals surface area contributed by atoms with Crippen molar-refractivity contribution in [3.63, 3.8) is 0 Å². The highest BCUT2D eigenvalue weighted by molar-refractivity contribution is 5.94. The first kappa shape index (κ1) is 24.8. The molecule has 10 nitrogen and oxygen atoms in total. The lowest BCUT2D eigenvalue weighted by atomic mass is 9.96. The summed E-state index contributed by atoms with van der Waals surface area (Å²) >= 11 is 0. The number of hydrogen-bond acceptors (Lipinski definition) is 6. The number of rotatable bonds is 11. The monoisotopic (exact) mass is 388 g/mol. The molecular weight excluding hydrogens is 356 g/mol. The first-order valence-corrected chi connectivity index (χ1v) is 8.96. The van der Waals surface area contributed by atoms with Crippen molar-refractivity contribution in [2.24, 2.45) is 17.6 Å². The average Bonchev–Trinajstić information content (AvgIpc) is 2.61. The number of hydrogen-bond donors (Lipinski definition) is 6. The Bertz CT molecular complexity index is 540. The van der Waals surface area contributed by atoms with Gasteiger partial charge in [0, 0.05) is 0 Å². The molecule has 0 heterocycles. The van der Waals surface area contributed by atoms with Crippen LogP contribution in [0.3, 0.4) is 0 Å². The summed E-state index contributed by atoms with van der Waals surface area (Å²) in [6.07, 6.45) is 0.599. The van der Waals surface area contributed by atoms with E-state index in [1.165, 1.54) is 6.92 Å². The van der Waals surface area contributed by atoms with Gasteiger partial charge in [-0.05, 0) is 18.8 Å². The number of carbonyl (C=O) groups is 4. The minimum atomic E-state index is -1.47. The molecule has 0 aromatic heterocycles. The molecule has 0 aliphatic rings. The van der Waals surface area contributed by atoms with Gasteiger partial charge >= 0.3 is 5.97 Å².